The van der Waals surface area contributed by atoms with Crippen molar-refractivity contribution in [2.45, 2.75) is 100.0 Å². The second-order valence-corrected chi connectivity index (χ2v) is 22.2. The summed E-state index contributed by atoms with van der Waals surface area (Å²) in [6.45, 7) is 14.5. The van der Waals surface area contributed by atoms with Crippen LogP contribution in [0.2, 0.25) is 0 Å². The van der Waals surface area contributed by atoms with Gasteiger partial charge in [-0.25, -0.2) is 0 Å². The van der Waals surface area contributed by atoms with Gasteiger partial charge in [-0.3, -0.25) is 0 Å². The predicted molar refractivity (Wildman–Crippen MR) is 292 cm³/mol. The van der Waals surface area contributed by atoms with E-state index in [0.29, 0.717) is 0 Å². The number of likely N-dealkylation sites (N-methyl/N-ethyl adjacent to an activating group) is 1. The first-order valence-corrected chi connectivity index (χ1v) is 25.7. The van der Waals surface area contributed by atoms with Crippen LogP contribution < -0.4 is 9.80 Å². The third-order valence-corrected chi connectivity index (χ3v) is 18.9. The van der Waals surface area contributed by atoms with Crippen molar-refractivity contribution in [2.75, 3.05) is 23.9 Å². The number of fused-ring (bicyclic) bond motifs is 11. The fourth-order valence-electron chi connectivity index (χ4n) is 14.8. The molecule has 4 atom stereocenters. The Morgan fingerprint density at radius 2 is 1.10 bits per heavy atom. The molecule has 2 fully saturated rings. The molecule has 1 aromatic heterocycles. The molecule has 0 bridgehead atoms. The Morgan fingerprint density at radius 3 is 1.73 bits per heavy atom. The molecule has 3 heterocycles. The molecular formula is C66H63N3O. The molecule has 4 unspecified atom stereocenters. The van der Waals surface area contributed by atoms with Crippen LogP contribution in [0, 0.1) is 0 Å². The van der Waals surface area contributed by atoms with Gasteiger partial charge < -0.3 is 19.1 Å². The maximum Gasteiger partial charge on any atom is 0.142 e. The van der Waals surface area contributed by atoms with Gasteiger partial charge >= 0.3 is 0 Å². The highest BCUT2D eigenvalue weighted by Crippen LogP contribution is 2.65. The van der Waals surface area contributed by atoms with E-state index < -0.39 is 5.41 Å². The van der Waals surface area contributed by atoms with Gasteiger partial charge in [-0.15, -0.1) is 0 Å². The quantitative estimate of drug-likeness (QED) is 0.142. The lowest BCUT2D eigenvalue weighted by molar-refractivity contribution is 0.195. The Kier molecular flexibility index (Phi) is 9.36. The molecule has 5 aliphatic rings. The van der Waals surface area contributed by atoms with Gasteiger partial charge in [0, 0.05) is 69.9 Å². The monoisotopic (exact) mass is 913 g/mol. The molecule has 0 radical (unpaired) electrons. The smallest absolute Gasteiger partial charge is 0.142 e. The zero-order valence-corrected chi connectivity index (χ0v) is 41.6. The summed E-state index contributed by atoms with van der Waals surface area (Å²) in [5.41, 5.74) is 20.1. The third-order valence-electron chi connectivity index (χ3n) is 18.9. The van der Waals surface area contributed by atoms with E-state index in [0.717, 1.165) is 39.8 Å². The van der Waals surface area contributed by atoms with Gasteiger partial charge in [-0.2, -0.15) is 0 Å². The number of anilines is 4. The molecular weight excluding hydrogens is 851 g/mol. The van der Waals surface area contributed by atoms with Crippen molar-refractivity contribution in [1.82, 2.24) is 4.90 Å². The predicted octanol–water partition coefficient (Wildman–Crippen LogP) is 16.6. The lowest BCUT2D eigenvalue weighted by atomic mass is 9.61. The zero-order valence-electron chi connectivity index (χ0n) is 41.6. The van der Waals surface area contributed by atoms with Crippen molar-refractivity contribution in [2.24, 2.45) is 0 Å². The SMILES string of the molecule is C=C(/C=C\c1coc2c(-c3ccc(N4c5ccccc5C5(C)CCCC45C)cc3)cc3c(c12)-c1ccc(N2c4ccccc4C4(C)CCCCC24C)cc1C3(c1ccccc1)c1ccccc1)N(C)C. The minimum atomic E-state index is -0.658. The van der Waals surface area contributed by atoms with Gasteiger partial charge in [0.05, 0.1) is 22.8 Å². The summed E-state index contributed by atoms with van der Waals surface area (Å²) >= 11 is 0. The summed E-state index contributed by atoms with van der Waals surface area (Å²) in [7, 11) is 4.09. The van der Waals surface area contributed by atoms with Gasteiger partial charge in [0.25, 0.3) is 0 Å². The van der Waals surface area contributed by atoms with Gasteiger partial charge in [-0.1, -0.05) is 155 Å². The normalized spacial score (nSPS) is 24.6. The van der Waals surface area contributed by atoms with Crippen LogP contribution in [0.1, 0.15) is 112 Å². The molecule has 4 heteroatoms. The Labute approximate surface area is 414 Å². The van der Waals surface area contributed by atoms with Crippen LogP contribution in [-0.2, 0) is 16.2 Å². The van der Waals surface area contributed by atoms with Crippen LogP contribution in [0.3, 0.4) is 0 Å². The van der Waals surface area contributed by atoms with Gasteiger partial charge in [0.1, 0.15) is 5.58 Å². The fourth-order valence-corrected chi connectivity index (χ4v) is 14.8. The first-order chi connectivity index (χ1) is 33.9. The first-order valence-electron chi connectivity index (χ1n) is 25.7. The second kappa shape index (κ2) is 15.2. The Morgan fingerprint density at radius 1 is 0.557 bits per heavy atom. The van der Waals surface area contributed by atoms with E-state index in [9.17, 15) is 0 Å². The van der Waals surface area contributed by atoms with Crippen LogP contribution >= 0.6 is 0 Å². The largest absolute Gasteiger partial charge is 0.463 e. The number of hydrogen-bond acceptors (Lipinski definition) is 4. The maximum absolute atomic E-state index is 6.92. The molecule has 2 aliphatic heterocycles. The number of furan rings is 1. The van der Waals surface area contributed by atoms with Gasteiger partial charge in [0.15, 0.2) is 0 Å². The molecule has 70 heavy (non-hydrogen) atoms. The Bertz CT molecular complexity index is 3400. The standard InChI is InChI=1S/C66H63N3O/c1-44(67(6)7)29-30-46-43-70-61-52(45-31-33-49(34-32-45)68-57-27-16-14-25-53(57)63(3)38-20-40-65(63,68)5)42-56-60(59(46)61)51-36-35-50(69-58-28-17-15-26-54(58)62(2)37-18-19-39-64(62,69)4)41-55(51)66(56,47-21-10-8-11-22-47)48-23-12-9-13-24-48/h8-17,21-36,41-43H,1,18-20,37-40H2,2-7H3/b30-29-. The molecule has 3 aliphatic carbocycles. The van der Waals surface area contributed by atoms with Crippen molar-refractivity contribution in [3.8, 4) is 22.3 Å². The summed E-state index contributed by atoms with van der Waals surface area (Å²) in [4.78, 5) is 7.45. The minimum absolute atomic E-state index is 0.00235. The molecule has 2 saturated carbocycles. The van der Waals surface area contributed by atoms with Crippen molar-refractivity contribution in [3.63, 3.8) is 0 Å². The molecule has 0 N–H and O–H groups in total. The average Bonchev–Trinajstić information content (AvgIpc) is 4.12. The van der Waals surface area contributed by atoms with Gasteiger partial charge in [-0.05, 0) is 144 Å². The molecule has 13 rings (SSSR count). The van der Waals surface area contributed by atoms with E-state index in [1.807, 2.05) is 20.4 Å². The maximum atomic E-state index is 6.92. The third kappa shape index (κ3) is 5.54. The summed E-state index contributed by atoms with van der Waals surface area (Å²) in [6.07, 6.45) is 14.7. The topological polar surface area (TPSA) is 22.9 Å². The van der Waals surface area contributed by atoms with E-state index in [-0.39, 0.29) is 21.9 Å². The molecule has 348 valence electrons. The highest BCUT2D eigenvalue weighted by atomic mass is 16.3. The number of para-hydroxylation sites is 2. The highest BCUT2D eigenvalue weighted by Gasteiger charge is 2.60. The highest BCUT2D eigenvalue weighted by molar-refractivity contribution is 6.11. The average molecular weight is 914 g/mol. The van der Waals surface area contributed by atoms with Crippen LogP contribution in [0.25, 0.3) is 39.3 Å². The summed E-state index contributed by atoms with van der Waals surface area (Å²) in [5.74, 6) is 0. The number of nitrogens with zero attached hydrogens (tertiary/aromatic N) is 3. The van der Waals surface area contributed by atoms with Gasteiger partial charge in [0.2, 0.25) is 0 Å². The molecule has 0 saturated heterocycles. The Hall–Kier alpha value is -7.04. The van der Waals surface area contributed by atoms with E-state index in [1.54, 1.807) is 0 Å². The van der Waals surface area contributed by atoms with E-state index in [1.165, 1.54) is 106 Å². The van der Waals surface area contributed by atoms with E-state index >= 15 is 0 Å². The van der Waals surface area contributed by atoms with Crippen molar-refractivity contribution < 1.29 is 4.42 Å². The number of benzene rings is 7. The zero-order chi connectivity index (χ0) is 47.8. The van der Waals surface area contributed by atoms with Crippen LogP contribution in [-0.4, -0.2) is 30.1 Å². The molecule has 0 spiro atoms. The summed E-state index contributed by atoms with van der Waals surface area (Å²) in [5, 5.41) is 1.13. The van der Waals surface area contributed by atoms with Crippen LogP contribution in [0.5, 0.6) is 0 Å². The summed E-state index contributed by atoms with van der Waals surface area (Å²) < 4.78 is 6.92. The molecule has 4 nitrogen and oxygen atoms in total. The second-order valence-electron chi connectivity index (χ2n) is 22.2. The van der Waals surface area contributed by atoms with E-state index in [2.05, 4.69) is 219 Å². The van der Waals surface area contributed by atoms with Crippen molar-refractivity contribution in [3.05, 3.63) is 221 Å². The fraction of sp³-hybridized carbons (Fsp3) is 0.273. The number of allylic oxidation sites excluding steroid dienone is 1. The Balaban J connectivity index is 1.07. The van der Waals surface area contributed by atoms with Crippen molar-refractivity contribution >= 4 is 39.8 Å². The van der Waals surface area contributed by atoms with Crippen LogP contribution in [0.4, 0.5) is 22.7 Å². The minimum Gasteiger partial charge on any atom is -0.463 e. The molecule has 8 aromatic rings. The van der Waals surface area contributed by atoms with Crippen molar-refractivity contribution in [1.29, 1.82) is 0 Å². The molecule has 7 aromatic carbocycles. The summed E-state index contributed by atoms with van der Waals surface area (Å²) in [6, 6.07) is 60.3. The number of hydrogen-bond donors (Lipinski definition) is 0. The molecule has 0 amide bonds. The lowest BCUT2D eigenvalue weighted by Gasteiger charge is -2.50. The van der Waals surface area contributed by atoms with E-state index in [4.69, 9.17) is 4.42 Å². The first kappa shape index (κ1) is 43.0. The van der Waals surface area contributed by atoms with Crippen LogP contribution in [0.15, 0.2) is 187 Å². The number of rotatable bonds is 8. The lowest BCUT2D eigenvalue weighted by Crippen LogP contribution is -2.54.